The predicted octanol–water partition coefficient (Wildman–Crippen LogP) is 6.39. The molecule has 0 radical (unpaired) electrons. The van der Waals surface area contributed by atoms with E-state index in [4.69, 9.17) is 10.00 Å². The van der Waals surface area contributed by atoms with Gasteiger partial charge in [0.25, 0.3) is 0 Å². The molecule has 4 aromatic carbocycles. The van der Waals surface area contributed by atoms with Gasteiger partial charge in [0.05, 0.1) is 17.7 Å². The molecule has 0 spiro atoms. The van der Waals surface area contributed by atoms with Crippen LogP contribution in [0, 0.1) is 11.3 Å². The largest absolute Gasteiger partial charge is 0.457 e. The van der Waals surface area contributed by atoms with Crippen LogP contribution in [0.4, 0.5) is 10.5 Å². The summed E-state index contributed by atoms with van der Waals surface area (Å²) in [5.41, 5.74) is 2.31. The zero-order valence-electron chi connectivity index (χ0n) is 17.0. The van der Waals surface area contributed by atoms with Crippen molar-refractivity contribution in [1.82, 2.24) is 5.32 Å². The van der Waals surface area contributed by atoms with Crippen molar-refractivity contribution in [2.75, 3.05) is 5.32 Å². The van der Waals surface area contributed by atoms with Gasteiger partial charge in [-0.1, -0.05) is 42.5 Å². The minimum Gasteiger partial charge on any atom is -0.457 e. The Morgan fingerprint density at radius 2 is 1.52 bits per heavy atom. The second-order valence-electron chi connectivity index (χ2n) is 7.15. The van der Waals surface area contributed by atoms with Gasteiger partial charge in [-0.25, -0.2) is 4.79 Å². The van der Waals surface area contributed by atoms with Gasteiger partial charge >= 0.3 is 6.03 Å². The molecule has 0 heterocycles. The number of benzene rings is 4. The Bertz CT molecular complexity index is 1240. The van der Waals surface area contributed by atoms with E-state index in [9.17, 15) is 4.79 Å². The first-order valence-electron chi connectivity index (χ1n) is 9.95. The lowest BCUT2D eigenvalue weighted by Crippen LogP contribution is -2.31. The number of carbonyl (C=O) groups excluding carboxylic acids is 1. The molecule has 4 aromatic rings. The highest BCUT2D eigenvalue weighted by atomic mass is 16.5. The molecular weight excluding hydrogens is 386 g/mol. The van der Waals surface area contributed by atoms with Crippen molar-refractivity contribution in [3.63, 3.8) is 0 Å². The number of nitrogens with zero attached hydrogens (tertiary/aromatic N) is 1. The Labute approximate surface area is 180 Å². The molecule has 1 unspecified atom stereocenters. The molecule has 0 aromatic heterocycles. The fraction of sp³-hybridized carbons (Fsp3) is 0.0769. The summed E-state index contributed by atoms with van der Waals surface area (Å²) >= 11 is 0. The standard InChI is InChI=1S/C26H21N3O2/c1-18(24-8-4-6-20-5-2-3-7-25(20)24)28-26(30)29-21-11-15-23(16-12-21)31-22-13-9-19(17-27)10-14-22/h2-16,18H,1H3,(H2,28,29,30). The topological polar surface area (TPSA) is 74.2 Å². The number of nitriles is 1. The first kappa shape index (κ1) is 20.0. The van der Waals surface area contributed by atoms with Crippen LogP contribution in [0.1, 0.15) is 24.1 Å². The van der Waals surface area contributed by atoms with Gasteiger partial charge in [-0.3, -0.25) is 0 Å². The van der Waals surface area contributed by atoms with Gasteiger partial charge in [0, 0.05) is 5.69 Å². The lowest BCUT2D eigenvalue weighted by molar-refractivity contribution is 0.249. The van der Waals surface area contributed by atoms with Gasteiger partial charge < -0.3 is 15.4 Å². The van der Waals surface area contributed by atoms with Gasteiger partial charge in [0.2, 0.25) is 0 Å². The fourth-order valence-electron chi connectivity index (χ4n) is 3.41. The number of hydrogen-bond acceptors (Lipinski definition) is 3. The van der Waals surface area contributed by atoms with E-state index < -0.39 is 0 Å². The number of rotatable bonds is 5. The van der Waals surface area contributed by atoms with Crippen LogP contribution in [0.25, 0.3) is 10.8 Å². The smallest absolute Gasteiger partial charge is 0.319 e. The fourth-order valence-corrected chi connectivity index (χ4v) is 3.41. The first-order chi connectivity index (χ1) is 15.1. The molecule has 0 saturated carbocycles. The Kier molecular flexibility index (Phi) is 5.82. The minimum atomic E-state index is -0.277. The third kappa shape index (κ3) is 4.82. The van der Waals surface area contributed by atoms with Crippen LogP contribution in [-0.2, 0) is 0 Å². The van der Waals surface area contributed by atoms with Crippen LogP contribution in [0.3, 0.4) is 0 Å². The highest BCUT2D eigenvalue weighted by Crippen LogP contribution is 2.25. The average Bonchev–Trinajstić information content (AvgIpc) is 2.80. The van der Waals surface area contributed by atoms with Gasteiger partial charge in [-0.05, 0) is 71.8 Å². The third-order valence-electron chi connectivity index (χ3n) is 4.97. The van der Waals surface area contributed by atoms with Crippen molar-refractivity contribution < 1.29 is 9.53 Å². The lowest BCUT2D eigenvalue weighted by Gasteiger charge is -2.17. The maximum atomic E-state index is 12.5. The highest BCUT2D eigenvalue weighted by Gasteiger charge is 2.12. The van der Waals surface area contributed by atoms with E-state index in [1.54, 1.807) is 48.5 Å². The normalized spacial score (nSPS) is 11.4. The molecule has 0 fully saturated rings. The quantitative estimate of drug-likeness (QED) is 0.403. The Balaban J connectivity index is 1.37. The molecular formula is C26H21N3O2. The first-order valence-corrected chi connectivity index (χ1v) is 9.95. The molecule has 4 rings (SSSR count). The highest BCUT2D eigenvalue weighted by molar-refractivity contribution is 5.91. The summed E-state index contributed by atoms with van der Waals surface area (Å²) in [6, 6.07) is 29.9. The number of hydrogen-bond donors (Lipinski definition) is 2. The van der Waals surface area contributed by atoms with E-state index >= 15 is 0 Å². The van der Waals surface area contributed by atoms with Crippen LogP contribution in [-0.4, -0.2) is 6.03 Å². The molecule has 1 atom stereocenters. The summed E-state index contributed by atoms with van der Waals surface area (Å²) in [5, 5.41) is 17.0. The van der Waals surface area contributed by atoms with Gasteiger partial charge in [-0.2, -0.15) is 5.26 Å². The summed E-state index contributed by atoms with van der Waals surface area (Å²) in [6.07, 6.45) is 0. The third-order valence-corrected chi connectivity index (χ3v) is 4.97. The van der Waals surface area contributed by atoms with E-state index in [2.05, 4.69) is 34.9 Å². The van der Waals surface area contributed by atoms with Gasteiger partial charge in [0.1, 0.15) is 11.5 Å². The molecule has 0 bridgehead atoms. The van der Waals surface area contributed by atoms with Gasteiger partial charge in [-0.15, -0.1) is 0 Å². The number of urea groups is 1. The Hall–Kier alpha value is -4.30. The molecule has 2 N–H and O–H groups in total. The molecule has 152 valence electrons. The zero-order chi connectivity index (χ0) is 21.6. The van der Waals surface area contributed by atoms with E-state index in [1.165, 1.54) is 0 Å². The van der Waals surface area contributed by atoms with Crippen molar-refractivity contribution in [3.8, 4) is 17.6 Å². The summed E-state index contributed by atoms with van der Waals surface area (Å²) in [5.74, 6) is 1.28. The Morgan fingerprint density at radius 1 is 0.871 bits per heavy atom. The number of nitrogens with one attached hydrogen (secondary N) is 2. The van der Waals surface area contributed by atoms with Crippen molar-refractivity contribution in [1.29, 1.82) is 5.26 Å². The van der Waals surface area contributed by atoms with Crippen LogP contribution in [0.15, 0.2) is 91.0 Å². The molecule has 0 aliphatic heterocycles. The molecule has 31 heavy (non-hydrogen) atoms. The monoisotopic (exact) mass is 407 g/mol. The van der Waals surface area contributed by atoms with Crippen molar-refractivity contribution in [2.24, 2.45) is 0 Å². The maximum Gasteiger partial charge on any atom is 0.319 e. The van der Waals surface area contributed by atoms with E-state index in [-0.39, 0.29) is 12.1 Å². The van der Waals surface area contributed by atoms with E-state index in [1.807, 2.05) is 31.2 Å². The number of carbonyl (C=O) groups is 1. The van der Waals surface area contributed by atoms with Crippen molar-refractivity contribution in [3.05, 3.63) is 102 Å². The van der Waals surface area contributed by atoms with E-state index in [0.717, 1.165) is 16.3 Å². The SMILES string of the molecule is CC(NC(=O)Nc1ccc(Oc2ccc(C#N)cc2)cc1)c1cccc2ccccc12. The number of anilines is 1. The molecule has 5 nitrogen and oxygen atoms in total. The van der Waals surface area contributed by atoms with Crippen LogP contribution < -0.4 is 15.4 Å². The van der Waals surface area contributed by atoms with Crippen LogP contribution in [0.5, 0.6) is 11.5 Å². The molecule has 0 aliphatic carbocycles. The average molecular weight is 407 g/mol. The molecule has 0 saturated heterocycles. The summed E-state index contributed by atoms with van der Waals surface area (Å²) < 4.78 is 5.76. The summed E-state index contributed by atoms with van der Waals surface area (Å²) in [6.45, 7) is 1.97. The maximum absolute atomic E-state index is 12.5. The van der Waals surface area contributed by atoms with Gasteiger partial charge in [0.15, 0.2) is 0 Å². The lowest BCUT2D eigenvalue weighted by atomic mass is 10.00. The van der Waals surface area contributed by atoms with Crippen LogP contribution in [0.2, 0.25) is 0 Å². The molecule has 2 amide bonds. The Morgan fingerprint density at radius 3 is 2.23 bits per heavy atom. The zero-order valence-corrected chi connectivity index (χ0v) is 17.0. The number of ether oxygens (including phenoxy) is 1. The number of fused-ring (bicyclic) bond motifs is 1. The van der Waals surface area contributed by atoms with Crippen molar-refractivity contribution >= 4 is 22.5 Å². The molecule has 0 aliphatic rings. The predicted molar refractivity (Wildman–Crippen MR) is 122 cm³/mol. The second kappa shape index (κ2) is 9.02. The number of amides is 2. The summed E-state index contributed by atoms with van der Waals surface area (Å²) in [7, 11) is 0. The molecule has 5 heteroatoms. The van der Waals surface area contributed by atoms with Crippen LogP contribution >= 0.6 is 0 Å². The second-order valence-corrected chi connectivity index (χ2v) is 7.15. The van der Waals surface area contributed by atoms with E-state index in [0.29, 0.717) is 22.7 Å². The summed E-state index contributed by atoms with van der Waals surface area (Å²) in [4.78, 5) is 12.5. The van der Waals surface area contributed by atoms with Crippen molar-refractivity contribution in [2.45, 2.75) is 13.0 Å². The minimum absolute atomic E-state index is 0.148.